The van der Waals surface area contributed by atoms with Gasteiger partial charge in [-0.2, -0.15) is 0 Å². The number of aromatic nitrogens is 1. The lowest BCUT2D eigenvalue weighted by Crippen LogP contribution is -2.37. The van der Waals surface area contributed by atoms with Gasteiger partial charge in [-0.25, -0.2) is 4.98 Å². The molecule has 0 spiro atoms. The lowest BCUT2D eigenvalue weighted by atomic mass is 10.3. The number of rotatable bonds is 3. The van der Waals surface area contributed by atoms with Crippen molar-refractivity contribution in [2.45, 2.75) is 6.42 Å². The van der Waals surface area contributed by atoms with Crippen molar-refractivity contribution in [3.05, 3.63) is 28.2 Å². The maximum Gasteiger partial charge on any atom is 0.0951 e. The average Bonchev–Trinajstić information content (AvgIpc) is 2.79. The maximum atomic E-state index is 5.97. The van der Waals surface area contributed by atoms with Crippen molar-refractivity contribution < 1.29 is 4.74 Å². The molecule has 0 N–H and O–H groups in total. The lowest BCUT2D eigenvalue weighted by molar-refractivity contribution is 0.0384. The first-order valence-electron chi connectivity index (χ1n) is 6.16. The van der Waals surface area contributed by atoms with Crippen LogP contribution in [0.25, 0.3) is 10.2 Å². The van der Waals surface area contributed by atoms with Gasteiger partial charge in [0.2, 0.25) is 0 Å². The summed E-state index contributed by atoms with van der Waals surface area (Å²) in [6, 6.07) is 5.91. The van der Waals surface area contributed by atoms with Gasteiger partial charge in [0.05, 0.1) is 28.4 Å². The molecular weight excluding hydrogens is 268 g/mol. The summed E-state index contributed by atoms with van der Waals surface area (Å²) in [6.45, 7) is 4.86. The van der Waals surface area contributed by atoms with Crippen LogP contribution in [-0.4, -0.2) is 42.7 Å². The van der Waals surface area contributed by atoms with Crippen LogP contribution in [0.2, 0.25) is 5.02 Å². The Labute approximate surface area is 115 Å². The number of morpholine rings is 1. The van der Waals surface area contributed by atoms with Crippen molar-refractivity contribution in [3.8, 4) is 0 Å². The number of ether oxygens (including phenoxy) is 1. The molecule has 0 atom stereocenters. The van der Waals surface area contributed by atoms with Gasteiger partial charge in [-0.05, 0) is 18.2 Å². The Balaban J connectivity index is 1.67. The quantitative estimate of drug-likeness (QED) is 0.866. The summed E-state index contributed by atoms with van der Waals surface area (Å²) in [5, 5.41) is 1.95. The van der Waals surface area contributed by atoms with E-state index in [0.29, 0.717) is 0 Å². The lowest BCUT2D eigenvalue weighted by Gasteiger charge is -2.25. The highest BCUT2D eigenvalue weighted by atomic mass is 35.5. The van der Waals surface area contributed by atoms with E-state index in [-0.39, 0.29) is 0 Å². The minimum Gasteiger partial charge on any atom is -0.379 e. The molecule has 18 heavy (non-hydrogen) atoms. The fourth-order valence-electron chi connectivity index (χ4n) is 2.13. The first-order valence-corrected chi connectivity index (χ1v) is 7.36. The first kappa shape index (κ1) is 12.4. The first-order chi connectivity index (χ1) is 8.81. The molecule has 96 valence electrons. The predicted molar refractivity (Wildman–Crippen MR) is 75.6 cm³/mol. The molecule has 2 heterocycles. The molecule has 0 radical (unpaired) electrons. The van der Waals surface area contributed by atoms with Crippen LogP contribution in [0.4, 0.5) is 0 Å². The SMILES string of the molecule is Clc1ccc2sc(CCN3CCOCC3)nc2c1. The number of benzene rings is 1. The normalized spacial score (nSPS) is 17.4. The summed E-state index contributed by atoms with van der Waals surface area (Å²) < 4.78 is 6.56. The van der Waals surface area contributed by atoms with Crippen LogP contribution in [0.3, 0.4) is 0 Å². The van der Waals surface area contributed by atoms with Crippen LogP contribution in [0.15, 0.2) is 18.2 Å². The fourth-order valence-corrected chi connectivity index (χ4v) is 3.24. The van der Waals surface area contributed by atoms with Crippen molar-refractivity contribution >= 4 is 33.2 Å². The van der Waals surface area contributed by atoms with Gasteiger partial charge in [0.15, 0.2) is 0 Å². The highest BCUT2D eigenvalue weighted by Crippen LogP contribution is 2.25. The molecule has 0 saturated carbocycles. The molecule has 3 rings (SSSR count). The van der Waals surface area contributed by atoms with Crippen LogP contribution in [-0.2, 0) is 11.2 Å². The van der Waals surface area contributed by atoms with Gasteiger partial charge in [0.1, 0.15) is 0 Å². The smallest absolute Gasteiger partial charge is 0.0951 e. The van der Waals surface area contributed by atoms with Crippen LogP contribution in [0, 0.1) is 0 Å². The largest absolute Gasteiger partial charge is 0.379 e. The Morgan fingerprint density at radius 3 is 3.00 bits per heavy atom. The monoisotopic (exact) mass is 282 g/mol. The minimum absolute atomic E-state index is 0.757. The topological polar surface area (TPSA) is 25.4 Å². The summed E-state index contributed by atoms with van der Waals surface area (Å²) in [5.41, 5.74) is 1.02. The van der Waals surface area contributed by atoms with E-state index < -0.39 is 0 Å². The van der Waals surface area contributed by atoms with Gasteiger partial charge >= 0.3 is 0 Å². The third kappa shape index (κ3) is 2.83. The summed E-state index contributed by atoms with van der Waals surface area (Å²) in [6.07, 6.45) is 1.01. The van der Waals surface area contributed by atoms with Gasteiger partial charge in [-0.3, -0.25) is 4.90 Å². The molecule has 1 fully saturated rings. The third-order valence-corrected chi connectivity index (χ3v) is 4.47. The molecule has 1 saturated heterocycles. The fraction of sp³-hybridized carbons (Fsp3) is 0.462. The van der Waals surface area contributed by atoms with Crippen molar-refractivity contribution in [1.82, 2.24) is 9.88 Å². The Hall–Kier alpha value is -0.680. The summed E-state index contributed by atoms with van der Waals surface area (Å²) in [5.74, 6) is 0. The van der Waals surface area contributed by atoms with E-state index in [1.165, 1.54) is 9.71 Å². The molecule has 0 amide bonds. The maximum absolute atomic E-state index is 5.97. The van der Waals surface area contributed by atoms with Gasteiger partial charge in [0, 0.05) is 31.1 Å². The molecular formula is C13H15ClN2OS. The van der Waals surface area contributed by atoms with Crippen molar-refractivity contribution in [2.24, 2.45) is 0 Å². The molecule has 3 nitrogen and oxygen atoms in total. The molecule has 0 unspecified atom stereocenters. The Kier molecular flexibility index (Phi) is 3.80. The predicted octanol–water partition coefficient (Wildman–Crippen LogP) is 2.82. The second-order valence-electron chi connectivity index (χ2n) is 4.42. The minimum atomic E-state index is 0.757. The molecule has 1 aliphatic heterocycles. The standard InChI is InChI=1S/C13H15ClN2OS/c14-10-1-2-12-11(9-10)15-13(18-12)3-4-16-5-7-17-8-6-16/h1-2,9H,3-8H2. The van der Waals surface area contributed by atoms with E-state index in [0.717, 1.165) is 49.8 Å². The third-order valence-electron chi connectivity index (χ3n) is 3.14. The zero-order chi connectivity index (χ0) is 12.4. The van der Waals surface area contributed by atoms with E-state index in [1.807, 2.05) is 18.2 Å². The number of fused-ring (bicyclic) bond motifs is 1. The highest BCUT2D eigenvalue weighted by molar-refractivity contribution is 7.18. The van der Waals surface area contributed by atoms with E-state index in [1.54, 1.807) is 11.3 Å². The summed E-state index contributed by atoms with van der Waals surface area (Å²) in [4.78, 5) is 7.07. The van der Waals surface area contributed by atoms with Gasteiger partial charge < -0.3 is 4.74 Å². The second-order valence-corrected chi connectivity index (χ2v) is 5.98. The molecule has 0 bridgehead atoms. The second kappa shape index (κ2) is 5.53. The van der Waals surface area contributed by atoms with Crippen LogP contribution >= 0.6 is 22.9 Å². The van der Waals surface area contributed by atoms with Gasteiger partial charge in [-0.1, -0.05) is 11.6 Å². The van der Waals surface area contributed by atoms with Crippen LogP contribution in [0.5, 0.6) is 0 Å². The molecule has 2 aromatic rings. The van der Waals surface area contributed by atoms with E-state index >= 15 is 0 Å². The van der Waals surface area contributed by atoms with E-state index in [2.05, 4.69) is 9.88 Å². The number of nitrogens with zero attached hydrogens (tertiary/aromatic N) is 2. The zero-order valence-electron chi connectivity index (χ0n) is 10.1. The van der Waals surface area contributed by atoms with Crippen molar-refractivity contribution in [2.75, 3.05) is 32.8 Å². The van der Waals surface area contributed by atoms with E-state index in [9.17, 15) is 0 Å². The number of thiazole rings is 1. The Bertz CT molecular complexity index is 537. The highest BCUT2D eigenvalue weighted by Gasteiger charge is 2.11. The molecule has 0 aliphatic carbocycles. The number of halogens is 1. The zero-order valence-corrected chi connectivity index (χ0v) is 11.6. The van der Waals surface area contributed by atoms with Crippen LogP contribution in [0.1, 0.15) is 5.01 Å². The summed E-state index contributed by atoms with van der Waals surface area (Å²) in [7, 11) is 0. The van der Waals surface area contributed by atoms with Gasteiger partial charge in [-0.15, -0.1) is 11.3 Å². The van der Waals surface area contributed by atoms with Crippen LogP contribution < -0.4 is 0 Å². The van der Waals surface area contributed by atoms with Gasteiger partial charge in [0.25, 0.3) is 0 Å². The molecule has 1 aromatic carbocycles. The molecule has 5 heteroatoms. The van der Waals surface area contributed by atoms with Crippen molar-refractivity contribution in [1.29, 1.82) is 0 Å². The average molecular weight is 283 g/mol. The molecule has 1 aliphatic rings. The Morgan fingerprint density at radius 1 is 1.33 bits per heavy atom. The Morgan fingerprint density at radius 2 is 2.17 bits per heavy atom. The van der Waals surface area contributed by atoms with E-state index in [4.69, 9.17) is 16.3 Å². The number of hydrogen-bond donors (Lipinski definition) is 0. The summed E-state index contributed by atoms with van der Waals surface area (Å²) >= 11 is 7.74. The number of hydrogen-bond acceptors (Lipinski definition) is 4. The molecule has 1 aromatic heterocycles. The van der Waals surface area contributed by atoms with Crippen molar-refractivity contribution in [3.63, 3.8) is 0 Å².